The molecule has 0 radical (unpaired) electrons. The van der Waals surface area contributed by atoms with Crippen LogP contribution in [-0.2, 0) is 12.8 Å². The Morgan fingerprint density at radius 1 is 1.00 bits per heavy atom. The fourth-order valence-electron chi connectivity index (χ4n) is 2.45. The van der Waals surface area contributed by atoms with Crippen LogP contribution in [0.3, 0.4) is 0 Å². The second-order valence-corrected chi connectivity index (χ2v) is 5.99. The molecule has 1 unspecified atom stereocenters. The molecule has 0 amide bonds. The molecule has 1 atom stereocenters. The fraction of sp³-hybridized carbons (Fsp3) is 0.333. The summed E-state index contributed by atoms with van der Waals surface area (Å²) in [6.07, 6.45) is 1.92. The zero-order chi connectivity index (χ0) is 15.2. The van der Waals surface area contributed by atoms with E-state index in [4.69, 9.17) is 23.2 Å². The van der Waals surface area contributed by atoms with Crippen molar-refractivity contribution in [3.8, 4) is 0 Å². The molecule has 0 spiro atoms. The highest BCUT2D eigenvalue weighted by Crippen LogP contribution is 2.26. The minimum absolute atomic E-state index is 0.264. The Labute approximate surface area is 137 Å². The molecule has 1 N–H and O–H groups in total. The van der Waals surface area contributed by atoms with E-state index >= 15 is 0 Å². The average Bonchev–Trinajstić information content (AvgIpc) is 2.49. The maximum absolute atomic E-state index is 6.30. The van der Waals surface area contributed by atoms with Gasteiger partial charge in [-0.1, -0.05) is 67.4 Å². The van der Waals surface area contributed by atoms with Crippen molar-refractivity contribution in [1.82, 2.24) is 5.32 Å². The van der Waals surface area contributed by atoms with Gasteiger partial charge in [-0.2, -0.15) is 0 Å². The van der Waals surface area contributed by atoms with Gasteiger partial charge in [-0.3, -0.25) is 0 Å². The minimum Gasteiger partial charge on any atom is -0.310 e. The summed E-state index contributed by atoms with van der Waals surface area (Å²) in [4.78, 5) is 0. The lowest BCUT2D eigenvalue weighted by Gasteiger charge is -2.19. The van der Waals surface area contributed by atoms with Gasteiger partial charge in [0, 0.05) is 16.1 Å². The summed E-state index contributed by atoms with van der Waals surface area (Å²) >= 11 is 12.3. The van der Waals surface area contributed by atoms with Gasteiger partial charge in [0.05, 0.1) is 0 Å². The summed E-state index contributed by atoms with van der Waals surface area (Å²) in [5, 5.41) is 4.94. The molecule has 0 aliphatic rings. The highest BCUT2D eigenvalue weighted by atomic mass is 35.5. The van der Waals surface area contributed by atoms with Crippen molar-refractivity contribution in [2.75, 3.05) is 6.54 Å². The van der Waals surface area contributed by atoms with Gasteiger partial charge < -0.3 is 5.32 Å². The molecule has 0 aromatic heterocycles. The first-order valence-corrected chi connectivity index (χ1v) is 8.15. The van der Waals surface area contributed by atoms with E-state index in [1.54, 1.807) is 0 Å². The minimum atomic E-state index is 0.264. The predicted molar refractivity (Wildman–Crippen MR) is 92.4 cm³/mol. The van der Waals surface area contributed by atoms with E-state index in [0.29, 0.717) is 5.02 Å². The van der Waals surface area contributed by atoms with Crippen LogP contribution >= 0.6 is 23.2 Å². The van der Waals surface area contributed by atoms with Gasteiger partial charge >= 0.3 is 0 Å². The number of likely N-dealkylation sites (N-methyl/N-ethyl adjacent to an activating group) is 1. The second kappa shape index (κ2) is 7.84. The summed E-state index contributed by atoms with van der Waals surface area (Å²) in [7, 11) is 0. The number of hydrogen-bond acceptors (Lipinski definition) is 1. The Bertz CT molecular complexity index is 578. The van der Waals surface area contributed by atoms with Crippen molar-refractivity contribution in [1.29, 1.82) is 0 Å². The smallest absolute Gasteiger partial charge is 0.0453 e. The van der Waals surface area contributed by atoms with Crippen LogP contribution in [0.15, 0.2) is 42.5 Å². The summed E-state index contributed by atoms with van der Waals surface area (Å²) in [6, 6.07) is 14.8. The van der Waals surface area contributed by atoms with E-state index in [-0.39, 0.29) is 6.04 Å². The van der Waals surface area contributed by atoms with Crippen molar-refractivity contribution >= 4 is 23.2 Å². The van der Waals surface area contributed by atoms with Crippen LogP contribution in [-0.4, -0.2) is 6.54 Å². The van der Waals surface area contributed by atoms with Gasteiger partial charge in [-0.25, -0.2) is 0 Å². The topological polar surface area (TPSA) is 12.0 Å². The van der Waals surface area contributed by atoms with Crippen LogP contribution in [0.2, 0.25) is 10.0 Å². The first kappa shape index (κ1) is 16.4. The van der Waals surface area contributed by atoms with Crippen LogP contribution in [0.5, 0.6) is 0 Å². The molecule has 21 heavy (non-hydrogen) atoms. The first-order valence-electron chi connectivity index (χ1n) is 7.40. The lowest BCUT2D eigenvalue weighted by molar-refractivity contribution is 0.550. The normalized spacial score (nSPS) is 12.4. The van der Waals surface area contributed by atoms with Crippen molar-refractivity contribution in [3.63, 3.8) is 0 Å². The summed E-state index contributed by atoms with van der Waals surface area (Å²) in [5.74, 6) is 0. The van der Waals surface area contributed by atoms with Crippen molar-refractivity contribution < 1.29 is 0 Å². The molecule has 0 saturated heterocycles. The molecular weight excluding hydrogens is 301 g/mol. The SMILES string of the molecule is CCNC(Cc1ccc(Cl)cc1Cl)c1ccc(CC)cc1. The number of aryl methyl sites for hydroxylation is 1. The molecule has 3 heteroatoms. The molecule has 112 valence electrons. The molecular formula is C18H21Cl2N. The number of benzene rings is 2. The van der Waals surface area contributed by atoms with Gasteiger partial charge in [-0.05, 0) is 48.2 Å². The van der Waals surface area contributed by atoms with Crippen molar-refractivity contribution in [2.24, 2.45) is 0 Å². The molecule has 1 nitrogen and oxygen atoms in total. The maximum atomic E-state index is 6.30. The van der Waals surface area contributed by atoms with Crippen LogP contribution in [0.4, 0.5) is 0 Å². The number of hydrogen-bond donors (Lipinski definition) is 1. The van der Waals surface area contributed by atoms with Crippen LogP contribution in [0.25, 0.3) is 0 Å². The molecule has 0 fully saturated rings. The quantitative estimate of drug-likeness (QED) is 0.746. The van der Waals surface area contributed by atoms with E-state index < -0.39 is 0 Å². The molecule has 0 aliphatic heterocycles. The third-order valence-corrected chi connectivity index (χ3v) is 4.27. The standard InChI is InChI=1S/C18H21Cl2N/c1-3-13-5-7-14(8-6-13)18(21-4-2)11-15-9-10-16(19)12-17(15)20/h5-10,12,18,21H,3-4,11H2,1-2H3. The fourth-order valence-corrected chi connectivity index (χ4v) is 2.93. The van der Waals surface area contributed by atoms with Crippen LogP contribution < -0.4 is 5.32 Å². The molecule has 0 heterocycles. The zero-order valence-corrected chi connectivity index (χ0v) is 14.0. The Hall–Kier alpha value is -1.02. The summed E-state index contributed by atoms with van der Waals surface area (Å²) in [5.41, 5.74) is 3.77. The predicted octanol–water partition coefficient (Wildman–Crippen LogP) is 5.45. The highest BCUT2D eigenvalue weighted by Gasteiger charge is 2.13. The van der Waals surface area contributed by atoms with Crippen molar-refractivity contribution in [3.05, 3.63) is 69.2 Å². The molecule has 0 bridgehead atoms. The third-order valence-electron chi connectivity index (χ3n) is 3.68. The van der Waals surface area contributed by atoms with E-state index in [1.807, 2.05) is 18.2 Å². The molecule has 2 rings (SSSR count). The summed E-state index contributed by atoms with van der Waals surface area (Å²) in [6.45, 7) is 5.21. The van der Waals surface area contributed by atoms with Gasteiger partial charge in [-0.15, -0.1) is 0 Å². The number of halogens is 2. The van der Waals surface area contributed by atoms with Gasteiger partial charge in [0.1, 0.15) is 0 Å². The monoisotopic (exact) mass is 321 g/mol. The summed E-state index contributed by atoms with van der Waals surface area (Å²) < 4.78 is 0. The van der Waals surface area contributed by atoms with Crippen molar-refractivity contribution in [2.45, 2.75) is 32.7 Å². The maximum Gasteiger partial charge on any atom is 0.0453 e. The van der Waals surface area contributed by atoms with E-state index in [0.717, 1.165) is 30.0 Å². The van der Waals surface area contributed by atoms with E-state index in [2.05, 4.69) is 43.4 Å². The van der Waals surface area contributed by atoms with Gasteiger partial charge in [0.25, 0.3) is 0 Å². The van der Waals surface area contributed by atoms with E-state index in [1.165, 1.54) is 11.1 Å². The van der Waals surface area contributed by atoms with E-state index in [9.17, 15) is 0 Å². The first-order chi connectivity index (χ1) is 10.1. The largest absolute Gasteiger partial charge is 0.310 e. The number of nitrogens with one attached hydrogen (secondary N) is 1. The highest BCUT2D eigenvalue weighted by molar-refractivity contribution is 6.35. The second-order valence-electron chi connectivity index (χ2n) is 5.15. The average molecular weight is 322 g/mol. The Kier molecular flexibility index (Phi) is 6.10. The molecule has 2 aromatic carbocycles. The lowest BCUT2D eigenvalue weighted by Crippen LogP contribution is -2.23. The van der Waals surface area contributed by atoms with Crippen LogP contribution in [0.1, 0.15) is 36.6 Å². The Morgan fingerprint density at radius 3 is 2.29 bits per heavy atom. The molecule has 0 aliphatic carbocycles. The Balaban J connectivity index is 2.21. The van der Waals surface area contributed by atoms with Crippen LogP contribution in [0, 0.1) is 0 Å². The molecule has 0 saturated carbocycles. The lowest BCUT2D eigenvalue weighted by atomic mass is 9.97. The Morgan fingerprint density at radius 2 is 1.71 bits per heavy atom. The molecule has 2 aromatic rings. The zero-order valence-electron chi connectivity index (χ0n) is 12.5. The van der Waals surface area contributed by atoms with Gasteiger partial charge in [0.2, 0.25) is 0 Å². The number of rotatable bonds is 6. The van der Waals surface area contributed by atoms with Gasteiger partial charge in [0.15, 0.2) is 0 Å². The third kappa shape index (κ3) is 4.47.